The summed E-state index contributed by atoms with van der Waals surface area (Å²) in [6.45, 7) is 6.07. The highest BCUT2D eigenvalue weighted by Gasteiger charge is 2.11. The number of carbonyl (C=O) groups is 1. The van der Waals surface area contributed by atoms with Crippen molar-refractivity contribution in [2.24, 2.45) is 0 Å². The van der Waals surface area contributed by atoms with E-state index in [0.29, 0.717) is 22.8 Å². The zero-order valence-corrected chi connectivity index (χ0v) is 16.0. The fourth-order valence-electron chi connectivity index (χ4n) is 2.91. The van der Waals surface area contributed by atoms with Crippen molar-refractivity contribution in [1.82, 2.24) is 4.98 Å². The first kappa shape index (κ1) is 18.5. The van der Waals surface area contributed by atoms with E-state index in [4.69, 9.17) is 4.74 Å². The second-order valence-corrected chi connectivity index (χ2v) is 6.59. The maximum Gasteiger partial charge on any atom is 0.257 e. The van der Waals surface area contributed by atoms with Gasteiger partial charge in [0.15, 0.2) is 0 Å². The summed E-state index contributed by atoms with van der Waals surface area (Å²) in [5.74, 6) is 1.07. The van der Waals surface area contributed by atoms with Crippen LogP contribution in [0, 0.1) is 20.8 Å². The number of benzene rings is 2. The van der Waals surface area contributed by atoms with Gasteiger partial charge in [-0.05, 0) is 73.9 Å². The summed E-state index contributed by atoms with van der Waals surface area (Å²) in [6, 6.07) is 15.4. The van der Waals surface area contributed by atoms with Crippen LogP contribution in [0.1, 0.15) is 27.0 Å². The van der Waals surface area contributed by atoms with E-state index in [1.54, 1.807) is 25.4 Å². The van der Waals surface area contributed by atoms with Gasteiger partial charge >= 0.3 is 0 Å². The lowest BCUT2D eigenvalue weighted by atomic mass is 10.1. The minimum Gasteiger partial charge on any atom is -0.495 e. The van der Waals surface area contributed by atoms with Crippen LogP contribution >= 0.6 is 0 Å². The zero-order chi connectivity index (χ0) is 19.4. The van der Waals surface area contributed by atoms with Gasteiger partial charge in [-0.3, -0.25) is 4.79 Å². The smallest absolute Gasteiger partial charge is 0.257 e. The monoisotopic (exact) mass is 361 g/mol. The second-order valence-electron chi connectivity index (χ2n) is 6.59. The van der Waals surface area contributed by atoms with Gasteiger partial charge in [0.2, 0.25) is 0 Å². The Kier molecular flexibility index (Phi) is 5.41. The van der Waals surface area contributed by atoms with Gasteiger partial charge in [-0.15, -0.1) is 0 Å². The molecule has 3 rings (SSSR count). The van der Waals surface area contributed by atoms with Gasteiger partial charge in [-0.25, -0.2) is 4.98 Å². The molecule has 5 nitrogen and oxygen atoms in total. The molecule has 2 aromatic carbocycles. The Morgan fingerprint density at radius 3 is 2.30 bits per heavy atom. The lowest BCUT2D eigenvalue weighted by molar-refractivity contribution is 0.102. The molecule has 0 radical (unpaired) electrons. The molecule has 0 aliphatic heterocycles. The number of amides is 1. The van der Waals surface area contributed by atoms with Crippen molar-refractivity contribution >= 4 is 23.1 Å². The average Bonchev–Trinajstić information content (AvgIpc) is 2.61. The third-order valence-corrected chi connectivity index (χ3v) is 4.12. The molecule has 0 fully saturated rings. The molecular weight excluding hydrogens is 338 g/mol. The first-order valence-corrected chi connectivity index (χ1v) is 8.72. The van der Waals surface area contributed by atoms with Gasteiger partial charge in [-0.1, -0.05) is 12.1 Å². The third-order valence-electron chi connectivity index (χ3n) is 4.12. The Morgan fingerprint density at radius 2 is 1.67 bits per heavy atom. The minimum atomic E-state index is -0.232. The zero-order valence-electron chi connectivity index (χ0n) is 16.0. The number of nitrogens with zero attached hydrogens (tertiary/aromatic N) is 1. The Bertz CT molecular complexity index is 946. The molecule has 0 saturated heterocycles. The third kappa shape index (κ3) is 4.64. The van der Waals surface area contributed by atoms with Gasteiger partial charge in [0.25, 0.3) is 5.91 Å². The molecule has 1 aromatic heterocycles. The van der Waals surface area contributed by atoms with Crippen molar-refractivity contribution in [2.45, 2.75) is 20.8 Å². The minimum absolute atomic E-state index is 0.232. The molecule has 0 atom stereocenters. The number of nitrogens with one attached hydrogen (secondary N) is 2. The predicted octanol–water partition coefficient (Wildman–Crippen LogP) is 5.01. The molecule has 3 aromatic rings. The van der Waals surface area contributed by atoms with E-state index in [1.165, 1.54) is 11.1 Å². The Hall–Kier alpha value is -3.34. The standard InChI is InChI=1S/C22H23N3O2/c1-14-5-7-20(27-4)19(12-14)25-22(26)17-6-8-21(23-13-17)24-18-10-15(2)9-16(3)11-18/h5-13H,1-4H3,(H,23,24)(H,25,26). The van der Waals surface area contributed by atoms with Crippen molar-refractivity contribution in [2.75, 3.05) is 17.7 Å². The van der Waals surface area contributed by atoms with Crippen LogP contribution < -0.4 is 15.4 Å². The van der Waals surface area contributed by atoms with Crippen LogP contribution in [-0.2, 0) is 0 Å². The van der Waals surface area contributed by atoms with Crippen molar-refractivity contribution in [3.8, 4) is 5.75 Å². The molecule has 2 N–H and O–H groups in total. The molecular formula is C22H23N3O2. The first-order valence-electron chi connectivity index (χ1n) is 8.72. The topological polar surface area (TPSA) is 63.2 Å². The van der Waals surface area contributed by atoms with Crippen LogP contribution in [0.15, 0.2) is 54.7 Å². The van der Waals surface area contributed by atoms with E-state index < -0.39 is 0 Å². The van der Waals surface area contributed by atoms with Crippen molar-refractivity contribution in [3.05, 3.63) is 77.0 Å². The second kappa shape index (κ2) is 7.91. The summed E-state index contributed by atoms with van der Waals surface area (Å²) in [4.78, 5) is 16.9. The number of pyridine rings is 1. The molecule has 1 heterocycles. The Morgan fingerprint density at radius 1 is 0.926 bits per heavy atom. The average molecular weight is 361 g/mol. The van der Waals surface area contributed by atoms with Gasteiger partial charge in [-0.2, -0.15) is 0 Å². The van der Waals surface area contributed by atoms with E-state index in [-0.39, 0.29) is 5.91 Å². The molecule has 0 aliphatic carbocycles. The molecule has 0 spiro atoms. The largest absolute Gasteiger partial charge is 0.495 e. The normalized spacial score (nSPS) is 10.4. The highest BCUT2D eigenvalue weighted by atomic mass is 16.5. The summed E-state index contributed by atoms with van der Waals surface area (Å²) in [5.41, 5.74) is 5.49. The number of aromatic nitrogens is 1. The fraction of sp³-hybridized carbons (Fsp3) is 0.182. The molecule has 1 amide bonds. The number of aryl methyl sites for hydroxylation is 3. The molecule has 138 valence electrons. The predicted molar refractivity (Wildman–Crippen MR) is 109 cm³/mol. The maximum atomic E-state index is 12.5. The van der Waals surface area contributed by atoms with Crippen LogP contribution in [0.2, 0.25) is 0 Å². The number of rotatable bonds is 5. The molecule has 0 bridgehead atoms. The number of anilines is 3. The number of methoxy groups -OCH3 is 1. The van der Waals surface area contributed by atoms with Crippen molar-refractivity contribution in [3.63, 3.8) is 0 Å². The molecule has 0 saturated carbocycles. The van der Waals surface area contributed by atoms with Gasteiger partial charge in [0.1, 0.15) is 11.6 Å². The lowest BCUT2D eigenvalue weighted by Crippen LogP contribution is -2.13. The van der Waals surface area contributed by atoms with E-state index in [0.717, 1.165) is 11.3 Å². The highest BCUT2D eigenvalue weighted by molar-refractivity contribution is 6.05. The van der Waals surface area contributed by atoms with E-state index >= 15 is 0 Å². The molecule has 0 aliphatic rings. The quantitative estimate of drug-likeness (QED) is 0.670. The molecule has 5 heteroatoms. The number of ether oxygens (including phenoxy) is 1. The van der Waals surface area contributed by atoms with Gasteiger partial charge in [0.05, 0.1) is 18.4 Å². The summed E-state index contributed by atoms with van der Waals surface area (Å²) in [5, 5.41) is 6.14. The van der Waals surface area contributed by atoms with E-state index in [9.17, 15) is 4.79 Å². The van der Waals surface area contributed by atoms with Crippen LogP contribution in [0.3, 0.4) is 0 Å². The van der Waals surface area contributed by atoms with Gasteiger partial charge in [0, 0.05) is 11.9 Å². The number of carbonyl (C=O) groups excluding carboxylic acids is 1. The number of hydrogen-bond donors (Lipinski definition) is 2. The first-order chi connectivity index (χ1) is 12.9. The summed E-state index contributed by atoms with van der Waals surface area (Å²) in [7, 11) is 1.58. The van der Waals surface area contributed by atoms with E-state index in [1.807, 2.05) is 25.1 Å². The Labute approximate surface area is 159 Å². The molecule has 27 heavy (non-hydrogen) atoms. The highest BCUT2D eigenvalue weighted by Crippen LogP contribution is 2.26. The van der Waals surface area contributed by atoms with Crippen molar-refractivity contribution in [1.29, 1.82) is 0 Å². The molecule has 0 unspecified atom stereocenters. The SMILES string of the molecule is COc1ccc(C)cc1NC(=O)c1ccc(Nc2cc(C)cc(C)c2)nc1. The summed E-state index contributed by atoms with van der Waals surface area (Å²) in [6.07, 6.45) is 1.56. The summed E-state index contributed by atoms with van der Waals surface area (Å²) >= 11 is 0. The van der Waals surface area contributed by atoms with Crippen molar-refractivity contribution < 1.29 is 9.53 Å². The van der Waals surface area contributed by atoms with Gasteiger partial charge < -0.3 is 15.4 Å². The lowest BCUT2D eigenvalue weighted by Gasteiger charge is -2.11. The summed E-state index contributed by atoms with van der Waals surface area (Å²) < 4.78 is 5.30. The van der Waals surface area contributed by atoms with Crippen LogP contribution in [0.4, 0.5) is 17.2 Å². The fourth-order valence-corrected chi connectivity index (χ4v) is 2.91. The van der Waals surface area contributed by atoms with E-state index in [2.05, 4.69) is 47.7 Å². The van der Waals surface area contributed by atoms with Crippen LogP contribution in [0.25, 0.3) is 0 Å². The van der Waals surface area contributed by atoms with Crippen LogP contribution in [0.5, 0.6) is 5.75 Å². The maximum absolute atomic E-state index is 12.5. The Balaban J connectivity index is 1.73. The van der Waals surface area contributed by atoms with Crippen LogP contribution in [-0.4, -0.2) is 18.0 Å². The number of hydrogen-bond acceptors (Lipinski definition) is 4.